The minimum absolute atomic E-state index is 0.0582. The lowest BCUT2D eigenvalue weighted by Gasteiger charge is -2.48. The van der Waals surface area contributed by atoms with Crippen LogP contribution >= 0.6 is 11.3 Å². The molecule has 0 saturated carbocycles. The lowest BCUT2D eigenvalue weighted by Crippen LogP contribution is -2.61. The first-order valence-electron chi connectivity index (χ1n) is 26.3. The Morgan fingerprint density at radius 1 is 0.412 bits per heavy atom. The molecule has 354 valence electrons. The fourth-order valence-electron chi connectivity index (χ4n) is 13.4. The van der Waals surface area contributed by atoms with Gasteiger partial charge < -0.3 is 9.80 Å². The Balaban J connectivity index is 1.31. The zero-order valence-corrected chi connectivity index (χ0v) is 45.9. The van der Waals surface area contributed by atoms with Crippen LogP contribution in [-0.2, 0) is 43.3 Å². The van der Waals surface area contributed by atoms with Gasteiger partial charge in [0.1, 0.15) is 0 Å². The van der Waals surface area contributed by atoms with Gasteiger partial charge in [-0.2, -0.15) is 0 Å². The highest BCUT2D eigenvalue weighted by molar-refractivity contribution is 7.26. The van der Waals surface area contributed by atoms with Crippen molar-refractivity contribution in [3.05, 3.63) is 123 Å². The highest BCUT2D eigenvalue weighted by atomic mass is 32.1. The molecule has 0 unspecified atom stereocenters. The van der Waals surface area contributed by atoms with Crippen LogP contribution in [0.3, 0.4) is 0 Å². The van der Waals surface area contributed by atoms with Crippen LogP contribution in [0.15, 0.2) is 78.9 Å². The van der Waals surface area contributed by atoms with Gasteiger partial charge in [0.05, 0.1) is 5.00 Å². The third-order valence-electron chi connectivity index (χ3n) is 18.6. The second kappa shape index (κ2) is 14.2. The summed E-state index contributed by atoms with van der Waals surface area (Å²) in [6.45, 7) is 44.2. The molecule has 2 aliphatic heterocycles. The van der Waals surface area contributed by atoms with Crippen molar-refractivity contribution in [3.8, 4) is 0 Å². The van der Waals surface area contributed by atoms with E-state index in [0.29, 0.717) is 0 Å². The highest BCUT2D eigenvalue weighted by Crippen LogP contribution is 2.55. The summed E-state index contributed by atoms with van der Waals surface area (Å²) < 4.78 is 1.42. The summed E-state index contributed by atoms with van der Waals surface area (Å²) in [6.07, 6.45) is 7.18. The summed E-state index contributed by atoms with van der Waals surface area (Å²) in [5.74, 6) is 0. The molecule has 2 nitrogen and oxygen atoms in total. The van der Waals surface area contributed by atoms with Crippen molar-refractivity contribution in [2.24, 2.45) is 0 Å². The van der Waals surface area contributed by atoms with E-state index in [1.54, 1.807) is 16.7 Å². The molecule has 11 rings (SSSR count). The smallest absolute Gasteiger partial charge is 0.254 e. The van der Waals surface area contributed by atoms with Crippen LogP contribution in [0.5, 0.6) is 0 Å². The predicted octanol–water partition coefficient (Wildman–Crippen LogP) is 16.6. The third-order valence-corrected chi connectivity index (χ3v) is 19.7. The first kappa shape index (κ1) is 46.1. The first-order chi connectivity index (χ1) is 31.4. The maximum atomic E-state index is 2.75. The highest BCUT2D eigenvalue weighted by Gasteiger charge is 2.50. The van der Waals surface area contributed by atoms with Crippen molar-refractivity contribution in [1.29, 1.82) is 0 Å². The summed E-state index contributed by atoms with van der Waals surface area (Å²) in [5.41, 5.74) is 23.4. The van der Waals surface area contributed by atoms with Crippen molar-refractivity contribution < 1.29 is 0 Å². The molecule has 3 heterocycles. The van der Waals surface area contributed by atoms with Crippen LogP contribution < -0.4 is 26.2 Å². The molecule has 0 saturated heterocycles. The topological polar surface area (TPSA) is 6.48 Å². The minimum Gasteiger partial charge on any atom is -0.311 e. The van der Waals surface area contributed by atoms with Crippen molar-refractivity contribution >= 4 is 78.0 Å². The molecule has 0 bridgehead atoms. The number of rotatable bonds is 2. The molecule has 0 fully saturated rings. The van der Waals surface area contributed by atoms with E-state index in [1.165, 1.54) is 126 Å². The van der Waals surface area contributed by atoms with Gasteiger partial charge in [0.15, 0.2) is 0 Å². The Morgan fingerprint density at radius 2 is 0.853 bits per heavy atom. The van der Waals surface area contributed by atoms with Gasteiger partial charge in [-0.3, -0.25) is 0 Å². The second-order valence-corrected chi connectivity index (χ2v) is 29.3. The van der Waals surface area contributed by atoms with E-state index in [1.807, 2.05) is 11.3 Å². The van der Waals surface area contributed by atoms with Gasteiger partial charge in [-0.1, -0.05) is 149 Å². The first-order valence-corrected chi connectivity index (χ1v) is 27.1. The van der Waals surface area contributed by atoms with E-state index in [0.717, 1.165) is 0 Å². The van der Waals surface area contributed by atoms with E-state index in [4.69, 9.17) is 0 Å². The van der Waals surface area contributed by atoms with Crippen molar-refractivity contribution in [3.63, 3.8) is 0 Å². The quantitative estimate of drug-likeness (QED) is 0.159. The molecule has 0 N–H and O–H groups in total. The molecule has 0 atom stereocenters. The molecule has 3 aliphatic carbocycles. The van der Waals surface area contributed by atoms with E-state index in [-0.39, 0.29) is 50.0 Å². The Hall–Kier alpha value is -4.28. The van der Waals surface area contributed by atoms with Crippen LogP contribution in [0.4, 0.5) is 33.4 Å². The Labute approximate surface area is 415 Å². The zero-order valence-electron chi connectivity index (χ0n) is 45.1. The van der Waals surface area contributed by atoms with Gasteiger partial charge in [0, 0.05) is 33.1 Å². The van der Waals surface area contributed by atoms with Crippen molar-refractivity contribution in [2.75, 3.05) is 9.80 Å². The molecule has 0 amide bonds. The average molecular weight is 919 g/mol. The Kier molecular flexibility index (Phi) is 9.63. The Bertz CT molecular complexity index is 3100. The number of thiophene rings is 1. The molecule has 68 heavy (non-hydrogen) atoms. The van der Waals surface area contributed by atoms with Crippen LogP contribution in [0.25, 0.3) is 10.1 Å². The summed E-state index contributed by atoms with van der Waals surface area (Å²) in [5, 5.41) is 2.83. The molecule has 0 spiro atoms. The molecule has 5 aliphatic rings. The maximum Gasteiger partial charge on any atom is 0.254 e. The maximum absolute atomic E-state index is 2.75. The molecular weight excluding hydrogens is 840 g/mol. The van der Waals surface area contributed by atoms with Crippen LogP contribution in [0.1, 0.15) is 208 Å². The number of nitrogens with zero attached hydrogens (tertiary/aromatic N) is 2. The number of hydrogen-bond acceptors (Lipinski definition) is 3. The number of anilines is 6. The standard InChI is InChI=1S/C64H79BN2S/c1-57(2,3)38-19-21-40(22-20-38)67-52-32-39(58(4,5)6)31-51-55(52)65(54-42-34-45-48(37-53(42)68-56(54)67)64(17,18)30-27-61(45,11)12)49-35-46-47(63(15,16)29-28-62(46,13)14)36-50(49)66(51)41-23-24-43-44(33-41)60(9,10)26-25-59(43,7)8/h19-24,31-37H,25-30H2,1-18H3. The molecule has 0 radical (unpaired) electrons. The largest absolute Gasteiger partial charge is 0.311 e. The SMILES string of the molecule is CC(C)(C)c1ccc(N2c3cc(C(C)(C)C)cc4c3B(c3cc5c(cc3N4c3ccc4c(c3)C(C)(C)CCC4(C)C)C(C)(C)CCC5(C)C)c3c2sc2cc4c(cc32)C(C)(C)CCC4(C)C)cc1. The number of benzene rings is 5. The molecule has 6 aromatic rings. The third kappa shape index (κ3) is 6.74. The van der Waals surface area contributed by atoms with Gasteiger partial charge in [-0.25, -0.2) is 0 Å². The monoisotopic (exact) mass is 919 g/mol. The van der Waals surface area contributed by atoms with Gasteiger partial charge in [-0.05, 0) is 203 Å². The van der Waals surface area contributed by atoms with Gasteiger partial charge in [0.25, 0.3) is 6.71 Å². The molecule has 5 aromatic carbocycles. The summed E-state index contributed by atoms with van der Waals surface area (Å²) in [7, 11) is 0. The van der Waals surface area contributed by atoms with E-state index in [2.05, 4.69) is 213 Å². The number of hydrogen-bond donors (Lipinski definition) is 0. The van der Waals surface area contributed by atoms with E-state index < -0.39 is 0 Å². The fourth-order valence-corrected chi connectivity index (χ4v) is 14.7. The summed E-state index contributed by atoms with van der Waals surface area (Å²) >= 11 is 2.04. The van der Waals surface area contributed by atoms with Crippen LogP contribution in [0, 0.1) is 0 Å². The normalized spacial score (nSPS) is 21.1. The second-order valence-electron chi connectivity index (χ2n) is 28.3. The van der Waals surface area contributed by atoms with Crippen molar-refractivity contribution in [2.45, 2.75) is 206 Å². The summed E-state index contributed by atoms with van der Waals surface area (Å²) in [4.78, 5) is 5.46. The lowest BCUT2D eigenvalue weighted by atomic mass is 9.33. The van der Waals surface area contributed by atoms with Crippen molar-refractivity contribution in [1.82, 2.24) is 0 Å². The van der Waals surface area contributed by atoms with Gasteiger partial charge in [-0.15, -0.1) is 11.3 Å². The van der Waals surface area contributed by atoms with Crippen LogP contribution in [0.2, 0.25) is 0 Å². The van der Waals surface area contributed by atoms with E-state index in [9.17, 15) is 0 Å². The average Bonchev–Trinajstić information content (AvgIpc) is 3.62. The predicted molar refractivity (Wildman–Crippen MR) is 299 cm³/mol. The molecule has 4 heteroatoms. The van der Waals surface area contributed by atoms with Gasteiger partial charge in [0.2, 0.25) is 0 Å². The molecule has 1 aromatic heterocycles. The zero-order chi connectivity index (χ0) is 48.8. The fraction of sp³-hybridized carbons (Fsp3) is 0.500. The van der Waals surface area contributed by atoms with E-state index >= 15 is 0 Å². The summed E-state index contributed by atoms with van der Waals surface area (Å²) in [6, 6.07) is 33.3. The Morgan fingerprint density at radius 3 is 1.38 bits per heavy atom. The number of fused-ring (bicyclic) bond motifs is 9. The van der Waals surface area contributed by atoms with Crippen LogP contribution in [-0.4, -0.2) is 6.71 Å². The van der Waals surface area contributed by atoms with Gasteiger partial charge >= 0.3 is 0 Å². The minimum atomic E-state index is -0.0882. The lowest BCUT2D eigenvalue weighted by molar-refractivity contribution is 0.332. The molecular formula is C64H79BN2S.